The van der Waals surface area contributed by atoms with Gasteiger partial charge in [0.05, 0.1) is 10.2 Å². The minimum absolute atomic E-state index is 0.0634. The SMILES string of the molecule is CC(=O)Nc1ccc(NC(=O)C(C)Sc2ccc(NC(=O)/C(=C/c3ccc([N+](=O)[O-])cc3)NC(=O)c3ccccc3)cc2)cc1. The fourth-order valence-corrected chi connectivity index (χ4v) is 4.83. The number of rotatable bonds is 11. The summed E-state index contributed by atoms with van der Waals surface area (Å²) in [5.41, 5.74) is 2.33. The Morgan fingerprint density at radius 1 is 0.756 bits per heavy atom. The van der Waals surface area contributed by atoms with Crippen LogP contribution in [0.25, 0.3) is 6.08 Å². The lowest BCUT2D eigenvalue weighted by Gasteiger charge is -2.14. The van der Waals surface area contributed by atoms with Crippen LogP contribution >= 0.6 is 11.8 Å². The van der Waals surface area contributed by atoms with Gasteiger partial charge in [0.25, 0.3) is 17.5 Å². The van der Waals surface area contributed by atoms with Gasteiger partial charge in [-0.15, -0.1) is 11.8 Å². The van der Waals surface area contributed by atoms with Crippen LogP contribution in [0.5, 0.6) is 0 Å². The number of hydrogen-bond donors (Lipinski definition) is 4. The van der Waals surface area contributed by atoms with Gasteiger partial charge in [0.2, 0.25) is 11.8 Å². The lowest BCUT2D eigenvalue weighted by Crippen LogP contribution is -2.30. The molecule has 0 saturated heterocycles. The Hall–Kier alpha value is -5.75. The molecule has 228 valence electrons. The summed E-state index contributed by atoms with van der Waals surface area (Å²) in [5, 5.41) is 21.5. The van der Waals surface area contributed by atoms with Crippen molar-refractivity contribution in [2.24, 2.45) is 0 Å². The molecule has 1 unspecified atom stereocenters. The Bertz CT molecular complexity index is 1720. The van der Waals surface area contributed by atoms with E-state index in [1.54, 1.807) is 85.8 Å². The lowest BCUT2D eigenvalue weighted by molar-refractivity contribution is -0.384. The van der Waals surface area contributed by atoms with E-state index in [2.05, 4.69) is 21.3 Å². The van der Waals surface area contributed by atoms with E-state index in [0.717, 1.165) is 4.90 Å². The van der Waals surface area contributed by atoms with Gasteiger partial charge in [0, 0.05) is 46.6 Å². The Labute approximate surface area is 263 Å². The number of anilines is 3. The molecule has 4 aromatic carbocycles. The number of non-ortho nitro benzene ring substituents is 1. The van der Waals surface area contributed by atoms with Gasteiger partial charge in [-0.25, -0.2) is 0 Å². The molecule has 4 rings (SSSR count). The van der Waals surface area contributed by atoms with Crippen LogP contribution < -0.4 is 21.3 Å². The van der Waals surface area contributed by atoms with E-state index in [9.17, 15) is 29.3 Å². The highest BCUT2D eigenvalue weighted by molar-refractivity contribution is 8.00. The van der Waals surface area contributed by atoms with Crippen molar-refractivity contribution in [3.8, 4) is 0 Å². The summed E-state index contributed by atoms with van der Waals surface area (Å²) in [6.07, 6.45) is 1.43. The summed E-state index contributed by atoms with van der Waals surface area (Å²) in [5.74, 6) is -1.49. The standard InChI is InChI=1S/C33H29N5O6S/c1-21(31(40)35-26-12-10-25(11-13-26)34-22(2)39)45-29-18-14-27(15-19-29)36-33(42)30(37-32(41)24-6-4-3-5-7-24)20-23-8-16-28(17-9-23)38(43)44/h3-21H,1-2H3,(H,34,39)(H,35,40)(H,36,42)(H,37,41)/b30-20-. The molecule has 0 bridgehead atoms. The van der Waals surface area contributed by atoms with Crippen molar-refractivity contribution in [1.82, 2.24) is 5.32 Å². The summed E-state index contributed by atoms with van der Waals surface area (Å²) in [6.45, 7) is 3.19. The first-order valence-corrected chi connectivity index (χ1v) is 14.5. The Morgan fingerprint density at radius 3 is 1.89 bits per heavy atom. The van der Waals surface area contributed by atoms with Crippen LogP contribution in [-0.2, 0) is 14.4 Å². The number of thioether (sulfide) groups is 1. The molecule has 11 nitrogen and oxygen atoms in total. The zero-order valence-corrected chi connectivity index (χ0v) is 25.1. The monoisotopic (exact) mass is 623 g/mol. The minimum Gasteiger partial charge on any atom is -0.326 e. The highest BCUT2D eigenvalue weighted by Crippen LogP contribution is 2.26. The van der Waals surface area contributed by atoms with E-state index in [1.807, 2.05) is 0 Å². The third-order valence-electron chi connectivity index (χ3n) is 6.21. The van der Waals surface area contributed by atoms with E-state index in [4.69, 9.17) is 0 Å². The smallest absolute Gasteiger partial charge is 0.272 e. The van der Waals surface area contributed by atoms with E-state index < -0.39 is 22.0 Å². The normalized spacial score (nSPS) is 11.6. The number of nitrogens with one attached hydrogen (secondary N) is 4. The molecule has 0 aliphatic heterocycles. The second-order valence-electron chi connectivity index (χ2n) is 9.71. The van der Waals surface area contributed by atoms with E-state index in [-0.39, 0.29) is 23.2 Å². The second kappa shape index (κ2) is 15.1. The minimum atomic E-state index is -0.602. The Kier molecular flexibility index (Phi) is 10.8. The zero-order chi connectivity index (χ0) is 32.3. The van der Waals surface area contributed by atoms with Gasteiger partial charge in [-0.1, -0.05) is 18.2 Å². The quantitative estimate of drug-likeness (QED) is 0.0682. The maximum atomic E-state index is 13.3. The zero-order valence-electron chi connectivity index (χ0n) is 24.3. The maximum absolute atomic E-state index is 13.3. The fourth-order valence-electron chi connectivity index (χ4n) is 3.96. The Balaban J connectivity index is 1.41. The van der Waals surface area contributed by atoms with Crippen LogP contribution in [0.1, 0.15) is 29.8 Å². The third-order valence-corrected chi connectivity index (χ3v) is 7.32. The van der Waals surface area contributed by atoms with Crippen molar-refractivity contribution in [2.45, 2.75) is 24.0 Å². The molecule has 12 heteroatoms. The first-order valence-electron chi connectivity index (χ1n) is 13.7. The molecule has 0 radical (unpaired) electrons. The molecule has 4 N–H and O–H groups in total. The average Bonchev–Trinajstić information content (AvgIpc) is 3.03. The largest absolute Gasteiger partial charge is 0.326 e. The summed E-state index contributed by atoms with van der Waals surface area (Å²) in [6, 6.07) is 27.6. The number of amides is 4. The van der Waals surface area contributed by atoms with Crippen LogP contribution in [0.15, 0.2) is 114 Å². The van der Waals surface area contributed by atoms with Gasteiger partial charge in [0.15, 0.2) is 0 Å². The molecule has 0 fully saturated rings. The summed E-state index contributed by atoms with van der Waals surface area (Å²) >= 11 is 1.33. The first-order chi connectivity index (χ1) is 21.6. The number of nitrogens with zero attached hydrogens (tertiary/aromatic N) is 1. The first kappa shape index (κ1) is 32.2. The molecule has 0 aliphatic carbocycles. The van der Waals surface area contributed by atoms with Gasteiger partial charge in [-0.05, 0) is 91.4 Å². The molecule has 0 aromatic heterocycles. The van der Waals surface area contributed by atoms with Crippen LogP contribution in [0.4, 0.5) is 22.7 Å². The molecule has 0 saturated carbocycles. The number of carbonyl (C=O) groups excluding carboxylic acids is 4. The van der Waals surface area contributed by atoms with E-state index >= 15 is 0 Å². The number of hydrogen-bond acceptors (Lipinski definition) is 7. The van der Waals surface area contributed by atoms with Gasteiger partial charge in [-0.3, -0.25) is 29.3 Å². The van der Waals surface area contributed by atoms with Gasteiger partial charge >= 0.3 is 0 Å². The van der Waals surface area contributed by atoms with Crippen molar-refractivity contribution < 1.29 is 24.1 Å². The molecule has 4 aromatic rings. The van der Waals surface area contributed by atoms with Gasteiger partial charge in [-0.2, -0.15) is 0 Å². The number of nitro benzene ring substituents is 1. The number of carbonyl (C=O) groups is 4. The topological polar surface area (TPSA) is 160 Å². The Morgan fingerprint density at radius 2 is 1.31 bits per heavy atom. The van der Waals surface area contributed by atoms with Crippen LogP contribution in [0.3, 0.4) is 0 Å². The molecule has 0 heterocycles. The van der Waals surface area contributed by atoms with Crippen molar-refractivity contribution in [3.63, 3.8) is 0 Å². The van der Waals surface area contributed by atoms with Crippen molar-refractivity contribution >= 4 is 64.2 Å². The van der Waals surface area contributed by atoms with Crippen molar-refractivity contribution in [3.05, 3.63) is 130 Å². The molecular weight excluding hydrogens is 594 g/mol. The number of nitro groups is 1. The average molecular weight is 624 g/mol. The molecule has 45 heavy (non-hydrogen) atoms. The van der Waals surface area contributed by atoms with Crippen molar-refractivity contribution in [1.29, 1.82) is 0 Å². The van der Waals surface area contributed by atoms with Crippen LogP contribution in [0.2, 0.25) is 0 Å². The fraction of sp³-hybridized carbons (Fsp3) is 0.0909. The predicted octanol–water partition coefficient (Wildman–Crippen LogP) is 6.08. The highest BCUT2D eigenvalue weighted by atomic mass is 32.2. The lowest BCUT2D eigenvalue weighted by atomic mass is 10.1. The van der Waals surface area contributed by atoms with Gasteiger partial charge in [0.1, 0.15) is 5.70 Å². The predicted molar refractivity (Wildman–Crippen MR) is 175 cm³/mol. The van der Waals surface area contributed by atoms with Gasteiger partial charge < -0.3 is 21.3 Å². The maximum Gasteiger partial charge on any atom is 0.272 e. The van der Waals surface area contributed by atoms with E-state index in [0.29, 0.717) is 28.2 Å². The molecule has 0 spiro atoms. The molecule has 0 aliphatic rings. The van der Waals surface area contributed by atoms with Crippen LogP contribution in [0, 0.1) is 10.1 Å². The van der Waals surface area contributed by atoms with E-state index in [1.165, 1.54) is 49.0 Å². The third kappa shape index (κ3) is 9.63. The van der Waals surface area contributed by atoms with Crippen molar-refractivity contribution in [2.75, 3.05) is 16.0 Å². The molecular formula is C33H29N5O6S. The van der Waals surface area contributed by atoms with Crippen LogP contribution in [-0.4, -0.2) is 33.8 Å². The molecule has 4 amide bonds. The molecule has 1 atom stereocenters. The highest BCUT2D eigenvalue weighted by Gasteiger charge is 2.17. The summed E-state index contributed by atoms with van der Waals surface area (Å²) in [4.78, 5) is 61.3. The second-order valence-corrected chi connectivity index (χ2v) is 11.1. The number of benzene rings is 4. The summed E-state index contributed by atoms with van der Waals surface area (Å²) in [7, 11) is 0. The summed E-state index contributed by atoms with van der Waals surface area (Å²) < 4.78 is 0.